The van der Waals surface area contributed by atoms with Gasteiger partial charge in [0.25, 0.3) is 0 Å². The summed E-state index contributed by atoms with van der Waals surface area (Å²) in [4.78, 5) is 20.6. The number of benzene rings is 1. The second kappa shape index (κ2) is 5.01. The lowest BCUT2D eigenvalue weighted by Crippen LogP contribution is -2.13. The SMILES string of the molecule is O=CNCc1ccccc1CC(=O)O. The maximum Gasteiger partial charge on any atom is 0.307 e. The number of hydrogen-bond donors (Lipinski definition) is 2. The van der Waals surface area contributed by atoms with Gasteiger partial charge in [0.1, 0.15) is 0 Å². The molecule has 0 saturated heterocycles. The van der Waals surface area contributed by atoms with Crippen molar-refractivity contribution < 1.29 is 14.7 Å². The molecule has 1 amide bonds. The highest BCUT2D eigenvalue weighted by Crippen LogP contribution is 2.08. The molecule has 1 rings (SSSR count). The van der Waals surface area contributed by atoms with E-state index >= 15 is 0 Å². The summed E-state index contributed by atoms with van der Waals surface area (Å²) in [6, 6.07) is 7.14. The highest BCUT2D eigenvalue weighted by atomic mass is 16.4. The Balaban J connectivity index is 2.79. The summed E-state index contributed by atoms with van der Waals surface area (Å²) >= 11 is 0. The van der Waals surface area contributed by atoms with Crippen LogP contribution in [-0.2, 0) is 22.6 Å². The van der Waals surface area contributed by atoms with E-state index in [9.17, 15) is 9.59 Å². The Morgan fingerprint density at radius 1 is 1.36 bits per heavy atom. The van der Waals surface area contributed by atoms with Gasteiger partial charge in [0.15, 0.2) is 0 Å². The number of carboxylic acids is 1. The van der Waals surface area contributed by atoms with Crippen LogP contribution in [0.1, 0.15) is 11.1 Å². The molecule has 0 fully saturated rings. The monoisotopic (exact) mass is 193 g/mol. The van der Waals surface area contributed by atoms with Crippen LogP contribution in [-0.4, -0.2) is 17.5 Å². The fraction of sp³-hybridized carbons (Fsp3) is 0.200. The van der Waals surface area contributed by atoms with Crippen LogP contribution in [0.25, 0.3) is 0 Å². The molecule has 2 N–H and O–H groups in total. The van der Waals surface area contributed by atoms with Crippen LogP contribution in [0.5, 0.6) is 0 Å². The van der Waals surface area contributed by atoms with E-state index in [1.807, 2.05) is 6.07 Å². The number of hydrogen-bond acceptors (Lipinski definition) is 2. The zero-order valence-electron chi connectivity index (χ0n) is 7.56. The van der Waals surface area contributed by atoms with Gasteiger partial charge in [-0.15, -0.1) is 0 Å². The van der Waals surface area contributed by atoms with Crippen LogP contribution in [0.15, 0.2) is 24.3 Å². The molecule has 0 aliphatic carbocycles. The quantitative estimate of drug-likeness (QED) is 0.671. The number of carbonyl (C=O) groups excluding carboxylic acids is 1. The minimum atomic E-state index is -0.872. The average molecular weight is 193 g/mol. The van der Waals surface area contributed by atoms with Crippen molar-refractivity contribution in [2.24, 2.45) is 0 Å². The van der Waals surface area contributed by atoms with Crippen molar-refractivity contribution >= 4 is 12.4 Å². The van der Waals surface area contributed by atoms with E-state index in [1.54, 1.807) is 18.2 Å². The third-order valence-electron chi connectivity index (χ3n) is 1.84. The smallest absolute Gasteiger partial charge is 0.307 e. The first-order valence-electron chi connectivity index (χ1n) is 4.19. The molecule has 4 nitrogen and oxygen atoms in total. The largest absolute Gasteiger partial charge is 0.481 e. The Morgan fingerprint density at radius 2 is 2.00 bits per heavy atom. The van der Waals surface area contributed by atoms with Crippen LogP contribution < -0.4 is 5.32 Å². The van der Waals surface area contributed by atoms with Crippen LogP contribution in [0.3, 0.4) is 0 Å². The number of carbonyl (C=O) groups is 2. The average Bonchev–Trinajstić information content (AvgIpc) is 2.16. The minimum Gasteiger partial charge on any atom is -0.481 e. The zero-order valence-corrected chi connectivity index (χ0v) is 7.56. The van der Waals surface area contributed by atoms with Gasteiger partial charge < -0.3 is 10.4 Å². The maximum atomic E-state index is 10.5. The summed E-state index contributed by atoms with van der Waals surface area (Å²) in [6.45, 7) is 0.368. The van der Waals surface area contributed by atoms with Gasteiger partial charge in [0.2, 0.25) is 6.41 Å². The molecule has 0 aromatic heterocycles. The van der Waals surface area contributed by atoms with Crippen molar-refractivity contribution in [3.8, 4) is 0 Å². The van der Waals surface area contributed by atoms with Gasteiger partial charge in [-0.3, -0.25) is 9.59 Å². The van der Waals surface area contributed by atoms with Crippen molar-refractivity contribution in [2.75, 3.05) is 0 Å². The Kier molecular flexibility index (Phi) is 3.67. The first kappa shape index (κ1) is 10.2. The third-order valence-corrected chi connectivity index (χ3v) is 1.84. The molecule has 0 aliphatic rings. The van der Waals surface area contributed by atoms with Crippen molar-refractivity contribution in [3.63, 3.8) is 0 Å². The van der Waals surface area contributed by atoms with Gasteiger partial charge in [-0.05, 0) is 11.1 Å². The molecule has 74 valence electrons. The number of nitrogens with one attached hydrogen (secondary N) is 1. The molecule has 4 heteroatoms. The second-order valence-electron chi connectivity index (χ2n) is 2.84. The molecule has 0 bridgehead atoms. The Bertz CT molecular complexity index is 336. The molecule has 0 heterocycles. The van der Waals surface area contributed by atoms with Crippen LogP contribution in [0.4, 0.5) is 0 Å². The van der Waals surface area contributed by atoms with Gasteiger partial charge in [-0.25, -0.2) is 0 Å². The van der Waals surface area contributed by atoms with Gasteiger partial charge in [0, 0.05) is 6.54 Å². The molecule has 14 heavy (non-hydrogen) atoms. The summed E-state index contributed by atoms with van der Waals surface area (Å²) in [5, 5.41) is 11.1. The molecule has 0 atom stereocenters. The summed E-state index contributed by atoms with van der Waals surface area (Å²) in [6.07, 6.45) is 0.578. The van der Waals surface area contributed by atoms with Crippen molar-refractivity contribution in [1.29, 1.82) is 0 Å². The van der Waals surface area contributed by atoms with E-state index in [2.05, 4.69) is 5.32 Å². The number of aliphatic carboxylic acids is 1. The lowest BCUT2D eigenvalue weighted by Gasteiger charge is -2.05. The fourth-order valence-corrected chi connectivity index (χ4v) is 1.22. The van der Waals surface area contributed by atoms with Crippen LogP contribution in [0, 0.1) is 0 Å². The topological polar surface area (TPSA) is 66.4 Å². The predicted molar refractivity (Wildman–Crippen MR) is 50.7 cm³/mol. The molecule has 0 unspecified atom stereocenters. The summed E-state index contributed by atoms with van der Waals surface area (Å²) < 4.78 is 0. The predicted octanol–water partition coefficient (Wildman–Crippen LogP) is 0.560. The van der Waals surface area contributed by atoms with E-state index in [0.29, 0.717) is 13.0 Å². The van der Waals surface area contributed by atoms with E-state index in [4.69, 9.17) is 5.11 Å². The Labute approximate surface area is 81.6 Å². The number of amides is 1. The van der Waals surface area contributed by atoms with Crippen LogP contribution in [0.2, 0.25) is 0 Å². The van der Waals surface area contributed by atoms with Gasteiger partial charge in [-0.1, -0.05) is 24.3 Å². The van der Waals surface area contributed by atoms with Gasteiger partial charge in [0.05, 0.1) is 6.42 Å². The highest BCUT2D eigenvalue weighted by molar-refractivity contribution is 5.70. The van der Waals surface area contributed by atoms with Crippen molar-refractivity contribution in [1.82, 2.24) is 5.32 Å². The summed E-state index contributed by atoms with van der Waals surface area (Å²) in [5.41, 5.74) is 1.57. The molecule has 0 aliphatic heterocycles. The zero-order chi connectivity index (χ0) is 10.4. The van der Waals surface area contributed by atoms with Gasteiger partial charge in [-0.2, -0.15) is 0 Å². The summed E-state index contributed by atoms with van der Waals surface area (Å²) in [5.74, 6) is -0.872. The second-order valence-corrected chi connectivity index (χ2v) is 2.84. The molecule has 0 spiro atoms. The first-order valence-corrected chi connectivity index (χ1v) is 4.19. The van der Waals surface area contributed by atoms with E-state index in [1.165, 1.54) is 0 Å². The lowest BCUT2D eigenvalue weighted by molar-refractivity contribution is -0.136. The molecule has 1 aromatic carbocycles. The maximum absolute atomic E-state index is 10.5. The summed E-state index contributed by atoms with van der Waals surface area (Å²) in [7, 11) is 0. The highest BCUT2D eigenvalue weighted by Gasteiger charge is 2.04. The Hall–Kier alpha value is -1.84. The van der Waals surface area contributed by atoms with E-state index in [0.717, 1.165) is 11.1 Å². The molecular weight excluding hydrogens is 182 g/mol. The lowest BCUT2D eigenvalue weighted by atomic mass is 10.0. The molecule has 0 saturated carbocycles. The van der Waals surface area contributed by atoms with Crippen LogP contribution >= 0.6 is 0 Å². The van der Waals surface area contributed by atoms with Crippen molar-refractivity contribution in [3.05, 3.63) is 35.4 Å². The third kappa shape index (κ3) is 2.90. The Morgan fingerprint density at radius 3 is 2.57 bits per heavy atom. The number of rotatable bonds is 5. The molecular formula is C10H11NO3. The van der Waals surface area contributed by atoms with Gasteiger partial charge >= 0.3 is 5.97 Å². The molecule has 0 radical (unpaired) electrons. The molecule has 1 aromatic rings. The normalized spacial score (nSPS) is 9.43. The van der Waals surface area contributed by atoms with E-state index < -0.39 is 5.97 Å². The van der Waals surface area contributed by atoms with E-state index in [-0.39, 0.29) is 6.42 Å². The fourth-order valence-electron chi connectivity index (χ4n) is 1.22. The standard InChI is InChI=1S/C10H11NO3/c12-7-11-6-9-4-2-1-3-8(9)5-10(13)14/h1-4,7H,5-6H2,(H,11,12)(H,13,14). The van der Waals surface area contributed by atoms with Crippen molar-refractivity contribution in [2.45, 2.75) is 13.0 Å². The first-order chi connectivity index (χ1) is 6.74. The number of carboxylic acid groups (broad SMARTS) is 1. The minimum absolute atomic E-state index is 0.0172.